The molecule has 0 aromatic carbocycles. The van der Waals surface area contributed by atoms with E-state index in [2.05, 4.69) is 15.2 Å². The zero-order chi connectivity index (χ0) is 15.9. The van der Waals surface area contributed by atoms with Crippen LogP contribution in [0, 0.1) is 5.92 Å². The number of ether oxygens (including phenoxy) is 1. The molecule has 1 aliphatic heterocycles. The Kier molecular flexibility index (Phi) is 5.86. The summed E-state index contributed by atoms with van der Waals surface area (Å²) in [6.45, 7) is 3.06. The summed E-state index contributed by atoms with van der Waals surface area (Å²) in [6, 6.07) is 3.80. The van der Waals surface area contributed by atoms with Crippen molar-refractivity contribution in [3.05, 3.63) is 24.5 Å². The van der Waals surface area contributed by atoms with Crippen LogP contribution in [0.15, 0.2) is 24.5 Å². The molecule has 5 nitrogen and oxygen atoms in total. The van der Waals surface area contributed by atoms with Gasteiger partial charge in [-0.15, -0.1) is 0 Å². The number of hydrogen-bond donors (Lipinski definition) is 1. The van der Waals surface area contributed by atoms with Crippen molar-refractivity contribution in [1.82, 2.24) is 15.2 Å². The maximum absolute atomic E-state index is 12.1. The molecule has 1 aliphatic carbocycles. The molecule has 23 heavy (non-hydrogen) atoms. The minimum atomic E-state index is 0.151. The molecule has 2 fully saturated rings. The maximum Gasteiger partial charge on any atom is 0.234 e. The first-order chi connectivity index (χ1) is 11.3. The summed E-state index contributed by atoms with van der Waals surface area (Å²) in [4.78, 5) is 18.3. The molecule has 0 radical (unpaired) electrons. The fourth-order valence-corrected chi connectivity index (χ4v) is 3.55. The number of nitrogens with one attached hydrogen (secondary N) is 1. The molecule has 5 heteroatoms. The molecule has 1 saturated heterocycles. The average Bonchev–Trinajstić information content (AvgIpc) is 3.02. The second-order valence-electron chi connectivity index (χ2n) is 6.76. The SMILES string of the molecule is O=C(CN1CC[C@@H](Oc2cccnc2)C1)NCC1CCCCC1. The monoisotopic (exact) mass is 317 g/mol. The van der Waals surface area contributed by atoms with Gasteiger partial charge in [0.15, 0.2) is 0 Å². The lowest BCUT2D eigenvalue weighted by molar-refractivity contribution is -0.122. The lowest BCUT2D eigenvalue weighted by Gasteiger charge is -2.22. The molecule has 2 aliphatic rings. The van der Waals surface area contributed by atoms with Crippen molar-refractivity contribution in [2.24, 2.45) is 5.92 Å². The summed E-state index contributed by atoms with van der Waals surface area (Å²) in [5.41, 5.74) is 0. The van der Waals surface area contributed by atoms with Crippen LogP contribution < -0.4 is 10.1 Å². The lowest BCUT2D eigenvalue weighted by atomic mass is 9.89. The van der Waals surface area contributed by atoms with E-state index >= 15 is 0 Å². The van der Waals surface area contributed by atoms with Crippen LogP contribution in [0.2, 0.25) is 0 Å². The first-order valence-corrected chi connectivity index (χ1v) is 8.85. The molecule has 1 saturated carbocycles. The standard InChI is InChI=1S/C18H27N3O2/c22-18(20-11-15-5-2-1-3-6-15)14-21-10-8-17(13-21)23-16-7-4-9-19-12-16/h4,7,9,12,15,17H,1-3,5-6,8,10-11,13-14H2,(H,20,22)/t17-/m1/s1. The summed E-state index contributed by atoms with van der Waals surface area (Å²) in [5, 5.41) is 3.11. The van der Waals surface area contributed by atoms with Crippen LogP contribution in [0.4, 0.5) is 0 Å². The number of nitrogens with zero attached hydrogens (tertiary/aromatic N) is 2. The summed E-state index contributed by atoms with van der Waals surface area (Å²) in [5.74, 6) is 1.65. The van der Waals surface area contributed by atoms with Crippen LogP contribution in [-0.2, 0) is 4.79 Å². The first kappa shape index (κ1) is 16.2. The number of rotatable bonds is 6. The minimum Gasteiger partial charge on any atom is -0.487 e. The number of carbonyl (C=O) groups is 1. The molecule has 3 rings (SSSR count). The Bertz CT molecular complexity index is 488. The molecule has 1 amide bonds. The van der Waals surface area contributed by atoms with Gasteiger partial charge in [-0.3, -0.25) is 14.7 Å². The van der Waals surface area contributed by atoms with E-state index in [1.807, 2.05) is 12.1 Å². The second-order valence-corrected chi connectivity index (χ2v) is 6.76. The van der Waals surface area contributed by atoms with Gasteiger partial charge < -0.3 is 10.1 Å². The smallest absolute Gasteiger partial charge is 0.234 e. The van der Waals surface area contributed by atoms with Gasteiger partial charge in [0, 0.05) is 25.8 Å². The van der Waals surface area contributed by atoms with Gasteiger partial charge >= 0.3 is 0 Å². The van der Waals surface area contributed by atoms with Gasteiger partial charge in [0.25, 0.3) is 0 Å². The van der Waals surface area contributed by atoms with Crippen molar-refractivity contribution >= 4 is 5.91 Å². The van der Waals surface area contributed by atoms with E-state index in [1.165, 1.54) is 32.1 Å². The second kappa shape index (κ2) is 8.29. The third-order valence-corrected chi connectivity index (χ3v) is 4.85. The van der Waals surface area contributed by atoms with E-state index in [1.54, 1.807) is 12.4 Å². The maximum atomic E-state index is 12.1. The van der Waals surface area contributed by atoms with Crippen molar-refractivity contribution in [2.45, 2.75) is 44.6 Å². The van der Waals surface area contributed by atoms with Crippen molar-refractivity contribution in [3.63, 3.8) is 0 Å². The van der Waals surface area contributed by atoms with Gasteiger partial charge in [-0.05, 0) is 37.3 Å². The molecule has 1 aromatic heterocycles. The number of pyridine rings is 1. The summed E-state index contributed by atoms with van der Waals surface area (Å²) >= 11 is 0. The Morgan fingerprint density at radius 2 is 2.17 bits per heavy atom. The van der Waals surface area contributed by atoms with Gasteiger partial charge in [0.2, 0.25) is 5.91 Å². The number of aromatic nitrogens is 1. The minimum absolute atomic E-state index is 0.151. The number of hydrogen-bond acceptors (Lipinski definition) is 4. The van der Waals surface area contributed by atoms with Gasteiger partial charge in [-0.25, -0.2) is 0 Å². The highest BCUT2D eigenvalue weighted by atomic mass is 16.5. The predicted molar refractivity (Wildman–Crippen MR) is 89.3 cm³/mol. The van der Waals surface area contributed by atoms with Crippen LogP contribution in [-0.4, -0.2) is 48.1 Å². The topological polar surface area (TPSA) is 54.5 Å². The molecule has 2 heterocycles. The number of likely N-dealkylation sites (tertiary alicyclic amines) is 1. The molecule has 0 bridgehead atoms. The number of carbonyl (C=O) groups excluding carboxylic acids is 1. The van der Waals surface area contributed by atoms with E-state index in [0.717, 1.165) is 31.8 Å². The quantitative estimate of drug-likeness (QED) is 0.874. The van der Waals surface area contributed by atoms with E-state index in [9.17, 15) is 4.79 Å². The lowest BCUT2D eigenvalue weighted by Crippen LogP contribution is -2.39. The van der Waals surface area contributed by atoms with E-state index in [0.29, 0.717) is 12.5 Å². The average molecular weight is 317 g/mol. The van der Waals surface area contributed by atoms with E-state index in [-0.39, 0.29) is 12.0 Å². The molecule has 126 valence electrons. The van der Waals surface area contributed by atoms with Crippen LogP contribution in [0.25, 0.3) is 0 Å². The zero-order valence-corrected chi connectivity index (χ0v) is 13.7. The molecule has 1 N–H and O–H groups in total. The summed E-state index contributed by atoms with van der Waals surface area (Å²) in [7, 11) is 0. The third kappa shape index (κ3) is 5.20. The van der Waals surface area contributed by atoms with Gasteiger partial charge in [0.05, 0.1) is 12.7 Å². The van der Waals surface area contributed by atoms with Crippen molar-refractivity contribution < 1.29 is 9.53 Å². The van der Waals surface area contributed by atoms with Gasteiger partial charge in [-0.2, -0.15) is 0 Å². The van der Waals surface area contributed by atoms with Crippen LogP contribution in [0.1, 0.15) is 38.5 Å². The van der Waals surface area contributed by atoms with Crippen molar-refractivity contribution in [1.29, 1.82) is 0 Å². The molecule has 1 atom stereocenters. The highest BCUT2D eigenvalue weighted by Gasteiger charge is 2.25. The summed E-state index contributed by atoms with van der Waals surface area (Å²) < 4.78 is 5.91. The Hall–Kier alpha value is -1.62. The Labute approximate surface area is 138 Å². The highest BCUT2D eigenvalue weighted by molar-refractivity contribution is 5.78. The Morgan fingerprint density at radius 3 is 2.96 bits per heavy atom. The fourth-order valence-electron chi connectivity index (χ4n) is 3.55. The number of amides is 1. The predicted octanol–water partition coefficient (Wildman–Crippen LogP) is 2.23. The Balaban J connectivity index is 1.35. The van der Waals surface area contributed by atoms with Crippen LogP contribution >= 0.6 is 0 Å². The van der Waals surface area contributed by atoms with Crippen molar-refractivity contribution in [3.8, 4) is 5.75 Å². The van der Waals surface area contributed by atoms with E-state index < -0.39 is 0 Å². The molecule has 0 unspecified atom stereocenters. The van der Waals surface area contributed by atoms with E-state index in [4.69, 9.17) is 4.74 Å². The van der Waals surface area contributed by atoms with Crippen molar-refractivity contribution in [2.75, 3.05) is 26.2 Å². The zero-order valence-electron chi connectivity index (χ0n) is 13.7. The van der Waals surface area contributed by atoms with Crippen LogP contribution in [0.5, 0.6) is 5.75 Å². The normalized spacial score (nSPS) is 22.9. The Morgan fingerprint density at radius 1 is 1.30 bits per heavy atom. The molecule has 1 aromatic rings. The van der Waals surface area contributed by atoms with Gasteiger partial charge in [0.1, 0.15) is 11.9 Å². The molecular formula is C18H27N3O2. The van der Waals surface area contributed by atoms with Gasteiger partial charge in [-0.1, -0.05) is 19.3 Å². The highest BCUT2D eigenvalue weighted by Crippen LogP contribution is 2.22. The fraction of sp³-hybridized carbons (Fsp3) is 0.667. The summed E-state index contributed by atoms with van der Waals surface area (Å²) in [6.07, 6.45) is 11.1. The van der Waals surface area contributed by atoms with Crippen LogP contribution in [0.3, 0.4) is 0 Å². The third-order valence-electron chi connectivity index (χ3n) is 4.85. The largest absolute Gasteiger partial charge is 0.487 e. The molecular weight excluding hydrogens is 290 g/mol. The first-order valence-electron chi connectivity index (χ1n) is 8.85. The molecule has 0 spiro atoms.